The molecule has 0 bridgehead atoms. The molecule has 0 aliphatic carbocycles. The Morgan fingerprint density at radius 3 is 2.71 bits per heavy atom. The quantitative estimate of drug-likeness (QED) is 0.142. The highest BCUT2D eigenvalue weighted by atomic mass is 35.5. The number of fused-ring (bicyclic) bond motifs is 1. The van der Waals surface area contributed by atoms with Gasteiger partial charge < -0.3 is 20.0 Å². The fraction of sp³-hybridized carbons (Fsp3) is 0.0938. The van der Waals surface area contributed by atoms with Gasteiger partial charge in [0.2, 0.25) is 0 Å². The smallest absolute Gasteiger partial charge is 0.134 e. The van der Waals surface area contributed by atoms with Crippen molar-refractivity contribution in [2.24, 2.45) is 0 Å². The summed E-state index contributed by atoms with van der Waals surface area (Å²) in [5, 5.41) is 18.1. The highest BCUT2D eigenvalue weighted by Crippen LogP contribution is 2.37. The van der Waals surface area contributed by atoms with E-state index in [4.69, 9.17) is 16.0 Å². The number of nitrogens with one attached hydrogen (secondary N) is 3. The van der Waals surface area contributed by atoms with Crippen LogP contribution in [0.25, 0.3) is 22.2 Å². The zero-order valence-electron chi connectivity index (χ0n) is 21.9. The second-order valence-corrected chi connectivity index (χ2v) is 10.9. The van der Waals surface area contributed by atoms with Crippen molar-refractivity contribution in [1.29, 1.82) is 5.26 Å². The zero-order chi connectivity index (χ0) is 28.0. The molecule has 202 valence electrons. The predicted molar refractivity (Wildman–Crippen MR) is 163 cm³/mol. The van der Waals surface area contributed by atoms with Gasteiger partial charge in [-0.25, -0.2) is 4.98 Å². The number of aromatic nitrogens is 3. The highest BCUT2D eigenvalue weighted by Gasteiger charge is 2.13. The van der Waals surface area contributed by atoms with Crippen LogP contribution in [0.4, 0.5) is 11.4 Å². The lowest BCUT2D eigenvalue weighted by atomic mass is 10.1. The molecule has 0 atom stereocenters. The summed E-state index contributed by atoms with van der Waals surface area (Å²) in [5.74, 6) is 1.61. The second-order valence-electron chi connectivity index (χ2n) is 9.33. The third-order valence-electron chi connectivity index (χ3n) is 6.52. The van der Waals surface area contributed by atoms with E-state index in [0.29, 0.717) is 22.8 Å². The molecular weight excluding hydrogens is 552 g/mol. The van der Waals surface area contributed by atoms with E-state index >= 15 is 0 Å². The maximum atomic E-state index is 9.81. The molecule has 6 rings (SSSR count). The van der Waals surface area contributed by atoms with Crippen molar-refractivity contribution in [1.82, 2.24) is 20.3 Å². The first kappa shape index (κ1) is 26.7. The summed E-state index contributed by atoms with van der Waals surface area (Å²) >= 11 is 8.24. The molecule has 3 N–H and O–H groups in total. The molecule has 0 aliphatic rings. The van der Waals surface area contributed by atoms with Gasteiger partial charge >= 0.3 is 0 Å². The van der Waals surface area contributed by atoms with Crippen molar-refractivity contribution in [2.45, 2.75) is 22.8 Å². The summed E-state index contributed by atoms with van der Waals surface area (Å²) in [6.45, 7) is 1.43. The number of benzene rings is 3. The number of hydrogen-bond acceptors (Lipinski definition) is 7. The number of rotatable bonds is 10. The van der Waals surface area contributed by atoms with Gasteiger partial charge in [0, 0.05) is 51.8 Å². The van der Waals surface area contributed by atoms with Crippen molar-refractivity contribution in [3.05, 3.63) is 120 Å². The fourth-order valence-electron chi connectivity index (χ4n) is 4.47. The summed E-state index contributed by atoms with van der Waals surface area (Å²) in [5.41, 5.74) is 4.61. The van der Waals surface area contributed by atoms with E-state index in [1.807, 2.05) is 85.1 Å². The lowest BCUT2D eigenvalue weighted by Crippen LogP contribution is -2.16. The zero-order valence-corrected chi connectivity index (χ0v) is 23.5. The molecular formula is C32H25ClN6OS. The van der Waals surface area contributed by atoms with Gasteiger partial charge in [0.25, 0.3) is 0 Å². The Morgan fingerprint density at radius 1 is 1.00 bits per heavy atom. The molecule has 3 aromatic heterocycles. The molecule has 9 heteroatoms. The third kappa shape index (κ3) is 6.28. The molecule has 41 heavy (non-hydrogen) atoms. The number of pyridine rings is 1. The molecule has 3 heterocycles. The minimum absolute atomic E-state index is 0.449. The van der Waals surface area contributed by atoms with Crippen molar-refractivity contribution in [3.63, 3.8) is 0 Å². The molecule has 3 aromatic carbocycles. The van der Waals surface area contributed by atoms with E-state index in [0.717, 1.165) is 62.1 Å². The van der Waals surface area contributed by atoms with Crippen molar-refractivity contribution in [2.75, 3.05) is 11.9 Å². The molecule has 0 amide bonds. The molecule has 0 saturated heterocycles. The first-order chi connectivity index (χ1) is 20.2. The molecule has 6 aromatic rings. The molecule has 0 fully saturated rings. The summed E-state index contributed by atoms with van der Waals surface area (Å²) in [6.07, 6.45) is 6.02. The summed E-state index contributed by atoms with van der Waals surface area (Å²) in [4.78, 5) is 13.8. The van der Waals surface area contributed by atoms with Gasteiger partial charge in [-0.2, -0.15) is 5.26 Å². The maximum absolute atomic E-state index is 9.81. The Kier molecular flexibility index (Phi) is 8.01. The molecule has 0 radical (unpaired) electrons. The number of nitriles is 1. The Bertz CT molecular complexity index is 1830. The van der Waals surface area contributed by atoms with Gasteiger partial charge in [0.05, 0.1) is 40.4 Å². The van der Waals surface area contributed by atoms with Gasteiger partial charge in [-0.1, -0.05) is 47.6 Å². The van der Waals surface area contributed by atoms with Crippen LogP contribution in [0.5, 0.6) is 0 Å². The number of H-pyrrole nitrogens is 1. The lowest BCUT2D eigenvalue weighted by molar-refractivity contribution is 0.494. The summed E-state index contributed by atoms with van der Waals surface area (Å²) < 4.78 is 6.10. The Balaban J connectivity index is 1.19. The number of halogens is 1. The molecule has 0 saturated carbocycles. The van der Waals surface area contributed by atoms with Crippen LogP contribution < -0.4 is 10.6 Å². The van der Waals surface area contributed by atoms with Crippen LogP contribution in [0.1, 0.15) is 17.0 Å². The van der Waals surface area contributed by atoms with E-state index in [2.05, 4.69) is 31.7 Å². The second kappa shape index (κ2) is 12.3. The van der Waals surface area contributed by atoms with Crippen LogP contribution in [0.15, 0.2) is 112 Å². The molecule has 0 spiro atoms. The first-order valence-corrected chi connectivity index (χ1v) is 14.3. The van der Waals surface area contributed by atoms with Crippen LogP contribution in [0.3, 0.4) is 0 Å². The topological polar surface area (TPSA) is 103 Å². The van der Waals surface area contributed by atoms with E-state index in [1.165, 1.54) is 0 Å². The normalized spacial score (nSPS) is 11.0. The number of anilines is 2. The molecule has 0 aliphatic heterocycles. The van der Waals surface area contributed by atoms with Gasteiger partial charge in [-0.3, -0.25) is 4.98 Å². The van der Waals surface area contributed by atoms with E-state index in [1.54, 1.807) is 24.3 Å². The molecule has 0 unspecified atom stereocenters. The van der Waals surface area contributed by atoms with Crippen LogP contribution in [0.2, 0.25) is 5.02 Å². The van der Waals surface area contributed by atoms with Crippen molar-refractivity contribution >= 4 is 45.6 Å². The third-order valence-corrected chi connectivity index (χ3v) is 8.03. The number of aromatic amines is 1. The number of hydrogen-bond donors (Lipinski definition) is 3. The van der Waals surface area contributed by atoms with Gasteiger partial charge in [-0.05, 0) is 54.6 Å². The summed E-state index contributed by atoms with van der Waals surface area (Å²) in [7, 11) is 0. The minimum atomic E-state index is 0.449. The fourth-order valence-corrected chi connectivity index (χ4v) is 5.61. The van der Waals surface area contributed by atoms with Gasteiger partial charge in [-0.15, -0.1) is 0 Å². The Hall–Kier alpha value is -4.55. The first-order valence-electron chi connectivity index (χ1n) is 13.1. The highest BCUT2D eigenvalue weighted by molar-refractivity contribution is 7.99. The number of nitrogens with zero attached hydrogens (tertiary/aromatic N) is 3. The van der Waals surface area contributed by atoms with Crippen LogP contribution >= 0.6 is 23.4 Å². The number of imidazole rings is 1. The average molecular weight is 577 g/mol. The SMILES string of the molecule is N#Cc1cnc2cc(-c3ccc(CNCCc4c[nH]cn4)o3)ccc2c1Nc1ccc(Sc2ccccc2)c(Cl)c1. The Labute approximate surface area is 246 Å². The van der Waals surface area contributed by atoms with Crippen LogP contribution in [-0.2, 0) is 13.0 Å². The molecule has 7 nitrogen and oxygen atoms in total. The van der Waals surface area contributed by atoms with E-state index < -0.39 is 0 Å². The van der Waals surface area contributed by atoms with Gasteiger partial charge in [0.1, 0.15) is 17.6 Å². The standard InChI is InChI=1S/C32H25ClN6OS/c33-28-15-23(7-11-31(28)41-26-4-2-1-3-5-26)39-32-22(16-34)17-37-29-14-21(6-9-27(29)32)30-10-8-25(40-30)19-35-13-12-24-18-36-20-38-24/h1-11,14-15,17-18,20,35H,12-13,19H2,(H,36,38)(H,37,39). The monoisotopic (exact) mass is 576 g/mol. The predicted octanol–water partition coefficient (Wildman–Crippen LogP) is 7.97. The minimum Gasteiger partial charge on any atom is -0.460 e. The van der Waals surface area contributed by atoms with Crippen molar-refractivity contribution < 1.29 is 4.42 Å². The van der Waals surface area contributed by atoms with Crippen LogP contribution in [0, 0.1) is 11.3 Å². The summed E-state index contributed by atoms with van der Waals surface area (Å²) in [6, 6.07) is 28.0. The van der Waals surface area contributed by atoms with E-state index in [9.17, 15) is 5.26 Å². The lowest BCUT2D eigenvalue weighted by Gasteiger charge is -2.13. The Morgan fingerprint density at radius 2 is 1.90 bits per heavy atom. The average Bonchev–Trinajstić information content (AvgIpc) is 3.70. The van der Waals surface area contributed by atoms with E-state index in [-0.39, 0.29) is 0 Å². The number of furan rings is 1. The maximum Gasteiger partial charge on any atom is 0.134 e. The van der Waals surface area contributed by atoms with Crippen molar-refractivity contribution in [3.8, 4) is 17.4 Å². The van der Waals surface area contributed by atoms with Crippen LogP contribution in [-0.4, -0.2) is 21.5 Å². The largest absolute Gasteiger partial charge is 0.460 e. The van der Waals surface area contributed by atoms with Gasteiger partial charge in [0.15, 0.2) is 0 Å².